The number of nitrogens with one attached hydrogen (secondary N) is 2. The number of aromatic nitrogens is 1. The molecular formula is C18H19N3O4S. The number of methoxy groups -OCH3 is 1. The van der Waals surface area contributed by atoms with Gasteiger partial charge >= 0.3 is 0 Å². The van der Waals surface area contributed by atoms with Crippen LogP contribution in [0.25, 0.3) is 10.9 Å². The Kier molecular flexibility index (Phi) is 4.97. The van der Waals surface area contributed by atoms with Crippen molar-refractivity contribution in [2.24, 2.45) is 5.73 Å². The zero-order chi connectivity index (χ0) is 18.7. The van der Waals surface area contributed by atoms with E-state index in [0.717, 1.165) is 16.5 Å². The molecule has 0 saturated carbocycles. The molecule has 1 unspecified atom stereocenters. The van der Waals surface area contributed by atoms with Gasteiger partial charge in [-0.2, -0.15) is 4.72 Å². The van der Waals surface area contributed by atoms with Gasteiger partial charge in [-0.1, -0.05) is 18.2 Å². The Hall–Kier alpha value is -2.84. The van der Waals surface area contributed by atoms with Crippen LogP contribution in [0, 0.1) is 0 Å². The van der Waals surface area contributed by atoms with Gasteiger partial charge in [0.05, 0.1) is 12.0 Å². The van der Waals surface area contributed by atoms with E-state index in [-0.39, 0.29) is 11.3 Å². The highest BCUT2D eigenvalue weighted by Gasteiger charge is 2.25. The molecule has 0 aliphatic rings. The Morgan fingerprint density at radius 2 is 1.88 bits per heavy atom. The van der Waals surface area contributed by atoms with Crippen LogP contribution in [0.5, 0.6) is 5.75 Å². The van der Waals surface area contributed by atoms with Crippen molar-refractivity contribution < 1.29 is 17.9 Å². The second kappa shape index (κ2) is 7.19. The molecule has 0 aliphatic carbocycles. The maximum absolute atomic E-state index is 12.6. The molecule has 1 aromatic heterocycles. The lowest BCUT2D eigenvalue weighted by Crippen LogP contribution is -2.45. The molecule has 8 heteroatoms. The number of amides is 1. The summed E-state index contributed by atoms with van der Waals surface area (Å²) in [6.45, 7) is 0. The molecule has 2 aromatic carbocycles. The van der Waals surface area contributed by atoms with Crippen molar-refractivity contribution >= 4 is 26.8 Å². The molecule has 1 heterocycles. The Bertz CT molecular complexity index is 1030. The topological polar surface area (TPSA) is 114 Å². The van der Waals surface area contributed by atoms with Crippen molar-refractivity contribution in [2.45, 2.75) is 17.4 Å². The SMILES string of the molecule is COc1ccc(S(=O)(=O)NC(Cc2c[nH]c3ccccc23)C(N)=O)cc1. The minimum atomic E-state index is -3.90. The molecule has 26 heavy (non-hydrogen) atoms. The molecule has 0 fully saturated rings. The minimum Gasteiger partial charge on any atom is -0.497 e. The number of carbonyl (C=O) groups excluding carboxylic acids is 1. The van der Waals surface area contributed by atoms with Crippen molar-refractivity contribution in [3.63, 3.8) is 0 Å². The molecule has 0 saturated heterocycles. The summed E-state index contributed by atoms with van der Waals surface area (Å²) < 4.78 is 32.6. The van der Waals surface area contributed by atoms with Crippen LogP contribution >= 0.6 is 0 Å². The predicted octanol–water partition coefficient (Wildman–Crippen LogP) is 1.55. The fraction of sp³-hybridized carbons (Fsp3) is 0.167. The first kappa shape index (κ1) is 18.0. The van der Waals surface area contributed by atoms with E-state index < -0.39 is 22.0 Å². The van der Waals surface area contributed by atoms with E-state index in [1.54, 1.807) is 6.20 Å². The predicted molar refractivity (Wildman–Crippen MR) is 98.3 cm³/mol. The molecule has 0 aliphatic heterocycles. The number of benzene rings is 2. The smallest absolute Gasteiger partial charge is 0.241 e. The molecule has 3 rings (SSSR count). The van der Waals surface area contributed by atoms with Gasteiger partial charge in [-0.3, -0.25) is 4.79 Å². The largest absolute Gasteiger partial charge is 0.497 e. The van der Waals surface area contributed by atoms with E-state index in [2.05, 4.69) is 9.71 Å². The molecule has 0 bridgehead atoms. The van der Waals surface area contributed by atoms with Crippen LogP contribution in [0.3, 0.4) is 0 Å². The number of H-pyrrole nitrogens is 1. The van der Waals surface area contributed by atoms with Gasteiger partial charge in [-0.15, -0.1) is 0 Å². The lowest BCUT2D eigenvalue weighted by Gasteiger charge is -2.15. The summed E-state index contributed by atoms with van der Waals surface area (Å²) >= 11 is 0. The van der Waals surface area contributed by atoms with Crippen molar-refractivity contribution in [3.8, 4) is 5.75 Å². The molecule has 0 spiro atoms. The quantitative estimate of drug-likeness (QED) is 0.583. The number of para-hydroxylation sites is 1. The number of nitrogens with two attached hydrogens (primary N) is 1. The number of hydrogen-bond donors (Lipinski definition) is 3. The van der Waals surface area contributed by atoms with Gasteiger partial charge < -0.3 is 15.5 Å². The van der Waals surface area contributed by atoms with Crippen LogP contribution in [0.15, 0.2) is 59.6 Å². The third-order valence-corrected chi connectivity index (χ3v) is 5.60. The summed E-state index contributed by atoms with van der Waals surface area (Å²) in [4.78, 5) is 15.0. The first-order valence-corrected chi connectivity index (χ1v) is 9.40. The van der Waals surface area contributed by atoms with E-state index in [0.29, 0.717) is 5.75 Å². The molecule has 3 aromatic rings. The van der Waals surface area contributed by atoms with Gasteiger partial charge in [0.15, 0.2) is 0 Å². The summed E-state index contributed by atoms with van der Waals surface area (Å²) in [5.41, 5.74) is 7.15. The van der Waals surface area contributed by atoms with E-state index in [1.165, 1.54) is 31.4 Å². The highest BCUT2D eigenvalue weighted by Crippen LogP contribution is 2.20. The van der Waals surface area contributed by atoms with Crippen LogP contribution in [-0.4, -0.2) is 32.5 Å². The summed E-state index contributed by atoms with van der Waals surface area (Å²) in [5, 5.41) is 0.919. The summed E-state index contributed by atoms with van der Waals surface area (Å²) in [6.07, 6.45) is 1.90. The summed E-state index contributed by atoms with van der Waals surface area (Å²) in [5.74, 6) is -0.207. The van der Waals surface area contributed by atoms with Crippen LogP contribution in [0.1, 0.15) is 5.56 Å². The number of primary amides is 1. The van der Waals surface area contributed by atoms with Crippen molar-refractivity contribution in [1.82, 2.24) is 9.71 Å². The van der Waals surface area contributed by atoms with E-state index >= 15 is 0 Å². The molecule has 1 amide bonds. The van der Waals surface area contributed by atoms with Crippen LogP contribution in [0.4, 0.5) is 0 Å². The van der Waals surface area contributed by atoms with Gasteiger partial charge in [0, 0.05) is 17.1 Å². The second-order valence-corrected chi connectivity index (χ2v) is 7.53. The number of sulfonamides is 1. The zero-order valence-electron chi connectivity index (χ0n) is 14.1. The number of fused-ring (bicyclic) bond motifs is 1. The molecule has 1 atom stereocenters. The normalized spacial score (nSPS) is 12.8. The Morgan fingerprint density at radius 1 is 1.19 bits per heavy atom. The number of rotatable bonds is 7. The van der Waals surface area contributed by atoms with Gasteiger partial charge in [0.25, 0.3) is 0 Å². The molecule has 7 nitrogen and oxygen atoms in total. The Labute approximate surface area is 151 Å². The molecule has 4 N–H and O–H groups in total. The number of hydrogen-bond acceptors (Lipinski definition) is 4. The number of ether oxygens (including phenoxy) is 1. The first-order valence-electron chi connectivity index (χ1n) is 7.91. The van der Waals surface area contributed by atoms with Crippen molar-refractivity contribution in [1.29, 1.82) is 0 Å². The van der Waals surface area contributed by atoms with Gasteiger partial charge in [0.2, 0.25) is 15.9 Å². The maximum atomic E-state index is 12.6. The summed E-state index contributed by atoms with van der Waals surface area (Å²) in [7, 11) is -2.41. The molecule has 136 valence electrons. The maximum Gasteiger partial charge on any atom is 0.241 e. The second-order valence-electron chi connectivity index (χ2n) is 5.82. The Morgan fingerprint density at radius 3 is 2.54 bits per heavy atom. The third kappa shape index (κ3) is 3.71. The molecular weight excluding hydrogens is 354 g/mol. The summed E-state index contributed by atoms with van der Waals surface area (Å²) in [6, 6.07) is 12.4. The fourth-order valence-corrected chi connectivity index (χ4v) is 3.94. The average molecular weight is 373 g/mol. The standard InChI is InChI=1S/C18H19N3O4S/c1-25-13-6-8-14(9-7-13)26(23,24)21-17(18(19)22)10-12-11-20-16-5-3-2-4-15(12)16/h2-9,11,17,20-21H,10H2,1H3,(H2,19,22). The lowest BCUT2D eigenvalue weighted by molar-refractivity contribution is -0.119. The van der Waals surface area contributed by atoms with Gasteiger partial charge in [-0.25, -0.2) is 8.42 Å². The highest BCUT2D eigenvalue weighted by molar-refractivity contribution is 7.89. The minimum absolute atomic E-state index is 0.0310. The monoisotopic (exact) mass is 373 g/mol. The van der Waals surface area contributed by atoms with E-state index in [9.17, 15) is 13.2 Å². The average Bonchev–Trinajstić information content (AvgIpc) is 3.04. The highest BCUT2D eigenvalue weighted by atomic mass is 32.2. The Balaban J connectivity index is 1.84. The zero-order valence-corrected chi connectivity index (χ0v) is 14.9. The van der Waals surface area contributed by atoms with Crippen LogP contribution in [-0.2, 0) is 21.2 Å². The molecule has 0 radical (unpaired) electrons. The van der Waals surface area contributed by atoms with E-state index in [1.807, 2.05) is 24.3 Å². The van der Waals surface area contributed by atoms with E-state index in [4.69, 9.17) is 10.5 Å². The number of aromatic amines is 1. The van der Waals surface area contributed by atoms with Crippen LogP contribution < -0.4 is 15.2 Å². The fourth-order valence-electron chi connectivity index (χ4n) is 2.73. The van der Waals surface area contributed by atoms with Crippen molar-refractivity contribution in [2.75, 3.05) is 7.11 Å². The lowest BCUT2D eigenvalue weighted by atomic mass is 10.1. The van der Waals surface area contributed by atoms with Crippen molar-refractivity contribution in [3.05, 3.63) is 60.3 Å². The van der Waals surface area contributed by atoms with Gasteiger partial charge in [0.1, 0.15) is 11.8 Å². The third-order valence-electron chi connectivity index (χ3n) is 4.11. The van der Waals surface area contributed by atoms with Gasteiger partial charge in [-0.05, 0) is 42.3 Å². The first-order chi connectivity index (χ1) is 12.4. The van der Waals surface area contributed by atoms with Crippen LogP contribution in [0.2, 0.25) is 0 Å². The number of carbonyl (C=O) groups is 1.